The van der Waals surface area contributed by atoms with Gasteiger partial charge in [0.15, 0.2) is 5.82 Å². The number of benzene rings is 7. The minimum absolute atomic E-state index is 0.692. The first-order valence-corrected chi connectivity index (χ1v) is 16.5. The molecule has 0 amide bonds. The third-order valence-electron chi connectivity index (χ3n) is 9.93. The molecule has 49 heavy (non-hydrogen) atoms. The second kappa shape index (κ2) is 9.89. The number of anilines is 3. The highest BCUT2D eigenvalue weighted by molar-refractivity contribution is 6.09. The minimum atomic E-state index is 0.692. The highest BCUT2D eigenvalue weighted by Crippen LogP contribution is 2.51. The average Bonchev–Trinajstić information content (AvgIpc) is 3.49. The molecule has 5 heteroatoms. The molecule has 2 aromatic heterocycles. The Bertz CT molecular complexity index is 2830. The van der Waals surface area contributed by atoms with Crippen LogP contribution in [0.3, 0.4) is 0 Å². The second-order valence-corrected chi connectivity index (χ2v) is 12.6. The van der Waals surface area contributed by atoms with Crippen molar-refractivity contribution in [3.8, 4) is 51.0 Å². The molecule has 0 bridgehead atoms. The van der Waals surface area contributed by atoms with Gasteiger partial charge in [-0.1, -0.05) is 97.1 Å². The number of para-hydroxylation sites is 4. The van der Waals surface area contributed by atoms with Crippen LogP contribution in [0.2, 0.25) is 0 Å². The van der Waals surface area contributed by atoms with Crippen LogP contribution in [0.1, 0.15) is 0 Å². The van der Waals surface area contributed by atoms with Crippen LogP contribution in [0.15, 0.2) is 158 Å². The van der Waals surface area contributed by atoms with Gasteiger partial charge in [0.25, 0.3) is 0 Å². The van der Waals surface area contributed by atoms with Gasteiger partial charge in [-0.05, 0) is 66.0 Å². The van der Waals surface area contributed by atoms with Crippen molar-refractivity contribution in [1.29, 1.82) is 0 Å². The molecule has 0 N–H and O–H groups in total. The highest BCUT2D eigenvalue weighted by Gasteiger charge is 2.29. The Kier molecular flexibility index (Phi) is 5.32. The third kappa shape index (κ3) is 3.70. The van der Waals surface area contributed by atoms with Crippen molar-refractivity contribution < 1.29 is 4.74 Å². The van der Waals surface area contributed by atoms with Crippen LogP contribution in [-0.2, 0) is 0 Å². The van der Waals surface area contributed by atoms with Gasteiger partial charge in [0.1, 0.15) is 17.3 Å². The molecule has 11 rings (SSSR count). The Morgan fingerprint density at radius 2 is 1.16 bits per heavy atom. The topological polar surface area (TPSA) is 43.2 Å². The monoisotopic (exact) mass is 626 g/mol. The summed E-state index contributed by atoms with van der Waals surface area (Å²) >= 11 is 0. The van der Waals surface area contributed by atoms with Gasteiger partial charge in [-0.25, -0.2) is 9.97 Å². The second-order valence-electron chi connectivity index (χ2n) is 12.6. The molecule has 0 fully saturated rings. The van der Waals surface area contributed by atoms with E-state index in [1.807, 2.05) is 36.4 Å². The van der Waals surface area contributed by atoms with Crippen LogP contribution in [-0.4, -0.2) is 14.5 Å². The summed E-state index contributed by atoms with van der Waals surface area (Å²) in [6.45, 7) is 0. The third-order valence-corrected chi connectivity index (χ3v) is 9.93. The van der Waals surface area contributed by atoms with E-state index in [9.17, 15) is 0 Å². The van der Waals surface area contributed by atoms with Gasteiger partial charge in [0.05, 0.1) is 39.2 Å². The molecule has 7 aromatic carbocycles. The molecule has 0 radical (unpaired) electrons. The summed E-state index contributed by atoms with van der Waals surface area (Å²) in [5.74, 6) is 3.38. The summed E-state index contributed by atoms with van der Waals surface area (Å²) in [5.41, 5.74) is 10.7. The zero-order valence-corrected chi connectivity index (χ0v) is 26.2. The summed E-state index contributed by atoms with van der Waals surface area (Å²) in [4.78, 5) is 12.8. The zero-order chi connectivity index (χ0) is 32.1. The fraction of sp³-hybridized carbons (Fsp3) is 0. The van der Waals surface area contributed by atoms with Crippen LogP contribution in [0.25, 0.3) is 72.0 Å². The van der Waals surface area contributed by atoms with E-state index in [4.69, 9.17) is 14.7 Å². The molecule has 5 nitrogen and oxygen atoms in total. The number of hydrogen-bond acceptors (Lipinski definition) is 4. The molecule has 0 atom stereocenters. The largest absolute Gasteiger partial charge is 0.456 e. The molecule has 0 unspecified atom stereocenters. The summed E-state index contributed by atoms with van der Waals surface area (Å²) in [6, 6.07) is 55.6. The van der Waals surface area contributed by atoms with Gasteiger partial charge in [0.2, 0.25) is 0 Å². The van der Waals surface area contributed by atoms with Crippen molar-refractivity contribution in [2.75, 3.05) is 4.90 Å². The standard InChI is InChI=1S/C44H26N4O/c1-7-19-35-27(12-1)26-41-47(35)36-20-8-4-15-30(36)31-16-5-9-21-37(31)48(41)38-25-24-32(28-13-2-3-14-29(28)38)44-45-34-18-11-23-40-42(34)43(46-44)33-17-6-10-22-39(33)49-40/h1-26H. The van der Waals surface area contributed by atoms with Gasteiger partial charge < -0.3 is 4.74 Å². The fourth-order valence-electron chi connectivity index (χ4n) is 7.82. The van der Waals surface area contributed by atoms with E-state index in [2.05, 4.69) is 131 Å². The maximum absolute atomic E-state index is 6.27. The van der Waals surface area contributed by atoms with Gasteiger partial charge in [-0.3, -0.25) is 9.47 Å². The van der Waals surface area contributed by atoms with Crippen molar-refractivity contribution in [3.63, 3.8) is 0 Å². The Hall–Kier alpha value is -6.72. The number of rotatable bonds is 2. The number of aromatic nitrogens is 3. The summed E-state index contributed by atoms with van der Waals surface area (Å²) < 4.78 is 8.68. The lowest BCUT2D eigenvalue weighted by Gasteiger charge is -2.28. The molecule has 228 valence electrons. The lowest BCUT2D eigenvalue weighted by Crippen LogP contribution is -2.13. The molecule has 0 spiro atoms. The normalized spacial score (nSPS) is 12.6. The number of hydrogen-bond donors (Lipinski definition) is 0. The van der Waals surface area contributed by atoms with Crippen molar-refractivity contribution >= 4 is 49.8 Å². The van der Waals surface area contributed by atoms with E-state index >= 15 is 0 Å². The van der Waals surface area contributed by atoms with E-state index in [1.54, 1.807) is 0 Å². The van der Waals surface area contributed by atoms with Crippen LogP contribution >= 0.6 is 0 Å². The van der Waals surface area contributed by atoms with Crippen LogP contribution in [0, 0.1) is 0 Å². The van der Waals surface area contributed by atoms with Gasteiger partial charge in [-0.2, -0.15) is 0 Å². The van der Waals surface area contributed by atoms with Gasteiger partial charge >= 0.3 is 0 Å². The molecule has 0 saturated carbocycles. The maximum atomic E-state index is 6.27. The van der Waals surface area contributed by atoms with E-state index in [1.165, 1.54) is 22.0 Å². The minimum Gasteiger partial charge on any atom is -0.456 e. The quantitative estimate of drug-likeness (QED) is 0.191. The summed E-state index contributed by atoms with van der Waals surface area (Å²) in [5, 5.41) is 4.34. The Labute approximate surface area is 281 Å². The van der Waals surface area contributed by atoms with Gasteiger partial charge in [-0.15, -0.1) is 0 Å². The Morgan fingerprint density at radius 3 is 2.06 bits per heavy atom. The highest BCUT2D eigenvalue weighted by atomic mass is 16.5. The number of nitrogens with zero attached hydrogens (tertiary/aromatic N) is 4. The van der Waals surface area contributed by atoms with E-state index < -0.39 is 0 Å². The smallest absolute Gasteiger partial charge is 0.161 e. The molecule has 0 saturated heterocycles. The molecule has 0 aliphatic carbocycles. The average molecular weight is 627 g/mol. The molecule has 4 heterocycles. The van der Waals surface area contributed by atoms with Crippen LogP contribution < -0.4 is 9.64 Å². The van der Waals surface area contributed by atoms with E-state index in [-0.39, 0.29) is 0 Å². The first-order chi connectivity index (χ1) is 24.3. The first-order valence-electron chi connectivity index (χ1n) is 16.5. The van der Waals surface area contributed by atoms with Crippen molar-refractivity contribution in [2.45, 2.75) is 0 Å². The van der Waals surface area contributed by atoms with E-state index in [0.717, 1.165) is 72.9 Å². The Balaban J connectivity index is 1.19. The van der Waals surface area contributed by atoms with Crippen molar-refractivity contribution in [1.82, 2.24) is 14.5 Å². The lowest BCUT2D eigenvalue weighted by molar-refractivity contribution is 0.486. The molecule has 9 aromatic rings. The maximum Gasteiger partial charge on any atom is 0.161 e. The lowest BCUT2D eigenvalue weighted by atomic mass is 9.98. The number of fused-ring (bicyclic) bond motifs is 10. The van der Waals surface area contributed by atoms with Crippen molar-refractivity contribution in [2.24, 2.45) is 0 Å². The summed E-state index contributed by atoms with van der Waals surface area (Å²) in [6.07, 6.45) is 0. The number of ether oxygens (including phenoxy) is 1. The van der Waals surface area contributed by atoms with Crippen LogP contribution in [0.5, 0.6) is 11.5 Å². The predicted molar refractivity (Wildman–Crippen MR) is 198 cm³/mol. The summed E-state index contributed by atoms with van der Waals surface area (Å²) in [7, 11) is 0. The molecular weight excluding hydrogens is 601 g/mol. The molecule has 2 aliphatic heterocycles. The Morgan fingerprint density at radius 1 is 0.469 bits per heavy atom. The van der Waals surface area contributed by atoms with Crippen molar-refractivity contribution in [3.05, 3.63) is 158 Å². The fourth-order valence-corrected chi connectivity index (χ4v) is 7.82. The van der Waals surface area contributed by atoms with E-state index in [0.29, 0.717) is 5.82 Å². The predicted octanol–water partition coefficient (Wildman–Crippen LogP) is 11.6. The zero-order valence-electron chi connectivity index (χ0n) is 26.2. The van der Waals surface area contributed by atoms with Gasteiger partial charge in [0, 0.05) is 33.0 Å². The van der Waals surface area contributed by atoms with Crippen LogP contribution in [0.4, 0.5) is 17.2 Å². The first kappa shape index (κ1) is 26.4. The molecule has 2 aliphatic rings. The SMILES string of the molecule is c1ccc2c(c1)Oc1cccc3nc(-c4ccc(N5c6ccccc6-c6ccccc6-n6c5cc5ccccc56)c5ccccc45)nc-2c13. The molecular formula is C44H26N4O.